The number of hydrogen-bond acceptors (Lipinski definition) is 1. The fraction of sp³-hybridized carbons (Fsp3) is 0.500. The Labute approximate surface area is 120 Å². The summed E-state index contributed by atoms with van der Waals surface area (Å²) in [6.45, 7) is 0.468. The second kappa shape index (κ2) is 6.04. The molecular formula is C14H15ClF3NO. The van der Waals surface area contributed by atoms with Gasteiger partial charge in [0, 0.05) is 24.5 Å². The molecule has 20 heavy (non-hydrogen) atoms. The standard InChI is InChI=1S/C14H15ClF3NO/c15-7-1-4-13(20)19-8-2-3-10-5-6-11(9-12(10)19)14(16,17)18/h5-6,9H,1-4,7-8H2. The Hall–Kier alpha value is -1.23. The topological polar surface area (TPSA) is 20.3 Å². The van der Waals surface area contributed by atoms with Crippen molar-refractivity contribution < 1.29 is 18.0 Å². The largest absolute Gasteiger partial charge is 0.416 e. The Balaban J connectivity index is 2.31. The van der Waals surface area contributed by atoms with Gasteiger partial charge in [-0.25, -0.2) is 0 Å². The molecule has 1 aromatic rings. The lowest BCUT2D eigenvalue weighted by Gasteiger charge is -2.30. The van der Waals surface area contributed by atoms with Crippen molar-refractivity contribution in [2.45, 2.75) is 31.9 Å². The van der Waals surface area contributed by atoms with E-state index in [0.717, 1.165) is 24.1 Å². The van der Waals surface area contributed by atoms with Gasteiger partial charge in [0.15, 0.2) is 0 Å². The van der Waals surface area contributed by atoms with Crippen LogP contribution in [0.2, 0.25) is 0 Å². The van der Waals surface area contributed by atoms with Crippen LogP contribution in [0.25, 0.3) is 0 Å². The molecule has 0 saturated carbocycles. The molecule has 1 aliphatic rings. The molecule has 110 valence electrons. The lowest BCUT2D eigenvalue weighted by atomic mass is 9.99. The molecule has 0 N–H and O–H groups in total. The van der Waals surface area contributed by atoms with Gasteiger partial charge < -0.3 is 4.90 Å². The van der Waals surface area contributed by atoms with Crippen molar-refractivity contribution in [1.82, 2.24) is 0 Å². The first-order valence-electron chi connectivity index (χ1n) is 6.50. The second-order valence-electron chi connectivity index (χ2n) is 4.78. The van der Waals surface area contributed by atoms with E-state index in [1.54, 1.807) is 0 Å². The number of aryl methyl sites for hydroxylation is 1. The third-order valence-corrected chi connectivity index (χ3v) is 3.62. The minimum absolute atomic E-state index is 0.161. The fourth-order valence-corrected chi connectivity index (χ4v) is 2.50. The SMILES string of the molecule is O=C(CCCCl)N1CCCc2ccc(C(F)(F)F)cc21. The Bertz CT molecular complexity index is 502. The molecule has 6 heteroatoms. The molecule has 1 amide bonds. The summed E-state index contributed by atoms with van der Waals surface area (Å²) in [6.07, 6.45) is -2.13. The van der Waals surface area contributed by atoms with Crippen molar-refractivity contribution in [1.29, 1.82) is 0 Å². The molecule has 1 aromatic carbocycles. The van der Waals surface area contributed by atoms with Gasteiger partial charge in [-0.15, -0.1) is 11.6 Å². The molecule has 0 radical (unpaired) electrons. The summed E-state index contributed by atoms with van der Waals surface area (Å²) in [5, 5.41) is 0. The average molecular weight is 306 g/mol. The number of alkyl halides is 4. The smallest absolute Gasteiger partial charge is 0.312 e. The highest BCUT2D eigenvalue weighted by molar-refractivity contribution is 6.18. The number of halogens is 4. The van der Waals surface area contributed by atoms with E-state index in [2.05, 4.69) is 0 Å². The van der Waals surface area contributed by atoms with Gasteiger partial charge in [-0.2, -0.15) is 13.2 Å². The Morgan fingerprint density at radius 3 is 2.75 bits per heavy atom. The van der Waals surface area contributed by atoms with Crippen molar-refractivity contribution >= 4 is 23.2 Å². The molecule has 0 aliphatic carbocycles. The van der Waals surface area contributed by atoms with Crippen molar-refractivity contribution in [2.24, 2.45) is 0 Å². The Morgan fingerprint density at radius 1 is 1.35 bits per heavy atom. The number of carbonyl (C=O) groups excluding carboxylic acids is 1. The van der Waals surface area contributed by atoms with E-state index < -0.39 is 11.7 Å². The molecule has 0 bridgehead atoms. The molecule has 0 saturated heterocycles. The molecular weight excluding hydrogens is 291 g/mol. The van der Waals surface area contributed by atoms with Gasteiger partial charge in [0.1, 0.15) is 0 Å². The number of rotatable bonds is 3. The summed E-state index contributed by atoms with van der Waals surface area (Å²) in [5.74, 6) is 0.209. The quantitative estimate of drug-likeness (QED) is 0.773. The summed E-state index contributed by atoms with van der Waals surface area (Å²) in [7, 11) is 0. The maximum Gasteiger partial charge on any atom is 0.416 e. The summed E-state index contributed by atoms with van der Waals surface area (Å²) in [6, 6.07) is 3.62. The molecule has 2 nitrogen and oxygen atoms in total. The zero-order valence-corrected chi connectivity index (χ0v) is 11.6. The monoisotopic (exact) mass is 305 g/mol. The third kappa shape index (κ3) is 3.26. The van der Waals surface area contributed by atoms with Gasteiger partial charge in [0.25, 0.3) is 0 Å². The van der Waals surface area contributed by atoms with Crippen LogP contribution < -0.4 is 4.90 Å². The van der Waals surface area contributed by atoms with Gasteiger partial charge in [0.05, 0.1) is 5.56 Å². The van der Waals surface area contributed by atoms with Crippen LogP contribution in [0.5, 0.6) is 0 Å². The highest BCUT2D eigenvalue weighted by atomic mass is 35.5. The molecule has 0 aromatic heterocycles. The molecule has 0 atom stereocenters. The number of benzene rings is 1. The summed E-state index contributed by atoms with van der Waals surface area (Å²) < 4.78 is 38.3. The van der Waals surface area contributed by atoms with Crippen molar-refractivity contribution in [3.63, 3.8) is 0 Å². The minimum Gasteiger partial charge on any atom is -0.312 e. The summed E-state index contributed by atoms with van der Waals surface area (Å²) in [5.41, 5.74) is 0.474. The predicted octanol–water partition coefficient (Wildman–Crippen LogP) is 4.00. The number of anilines is 1. The van der Waals surface area contributed by atoms with E-state index in [9.17, 15) is 18.0 Å². The molecule has 1 heterocycles. The lowest BCUT2D eigenvalue weighted by Crippen LogP contribution is -2.35. The number of hydrogen-bond donors (Lipinski definition) is 0. The van der Waals surface area contributed by atoms with Crippen molar-refractivity contribution in [3.05, 3.63) is 29.3 Å². The number of amides is 1. The van der Waals surface area contributed by atoms with Crippen molar-refractivity contribution in [3.8, 4) is 0 Å². The first kappa shape index (κ1) is 15.2. The minimum atomic E-state index is -4.39. The molecule has 0 unspecified atom stereocenters. The number of nitrogens with zero attached hydrogens (tertiary/aromatic N) is 1. The third-order valence-electron chi connectivity index (χ3n) is 3.36. The predicted molar refractivity (Wildman–Crippen MR) is 72.1 cm³/mol. The first-order valence-corrected chi connectivity index (χ1v) is 7.03. The van der Waals surface area contributed by atoms with Gasteiger partial charge in [0.2, 0.25) is 5.91 Å². The van der Waals surface area contributed by atoms with E-state index in [-0.39, 0.29) is 12.3 Å². The van der Waals surface area contributed by atoms with E-state index >= 15 is 0 Å². The second-order valence-corrected chi connectivity index (χ2v) is 5.16. The van der Waals surface area contributed by atoms with Crippen LogP contribution in [0.3, 0.4) is 0 Å². The zero-order valence-electron chi connectivity index (χ0n) is 10.8. The molecule has 1 aliphatic heterocycles. The van der Waals surface area contributed by atoms with E-state index in [0.29, 0.717) is 31.0 Å². The first-order chi connectivity index (χ1) is 9.43. The van der Waals surface area contributed by atoms with Crippen LogP contribution in [-0.4, -0.2) is 18.3 Å². The lowest BCUT2D eigenvalue weighted by molar-refractivity contribution is -0.137. The maximum absolute atomic E-state index is 12.8. The van der Waals surface area contributed by atoms with Crippen LogP contribution in [0.15, 0.2) is 18.2 Å². The van der Waals surface area contributed by atoms with Crippen LogP contribution in [-0.2, 0) is 17.4 Å². The van der Waals surface area contributed by atoms with Gasteiger partial charge >= 0.3 is 6.18 Å². The molecule has 0 fully saturated rings. The van der Waals surface area contributed by atoms with E-state index in [4.69, 9.17) is 11.6 Å². The fourth-order valence-electron chi connectivity index (χ4n) is 2.36. The zero-order chi connectivity index (χ0) is 14.8. The highest BCUT2D eigenvalue weighted by Gasteiger charge is 2.32. The van der Waals surface area contributed by atoms with Crippen LogP contribution >= 0.6 is 11.6 Å². The summed E-state index contributed by atoms with van der Waals surface area (Å²) in [4.78, 5) is 13.5. The van der Waals surface area contributed by atoms with E-state index in [1.165, 1.54) is 11.0 Å². The molecule has 0 spiro atoms. The summed E-state index contributed by atoms with van der Waals surface area (Å²) >= 11 is 5.55. The highest BCUT2D eigenvalue weighted by Crippen LogP contribution is 2.35. The van der Waals surface area contributed by atoms with Gasteiger partial charge in [-0.1, -0.05) is 6.07 Å². The van der Waals surface area contributed by atoms with Crippen LogP contribution in [0.1, 0.15) is 30.4 Å². The Morgan fingerprint density at radius 2 is 2.10 bits per heavy atom. The molecule has 2 rings (SSSR count). The van der Waals surface area contributed by atoms with E-state index in [1.807, 2.05) is 0 Å². The van der Waals surface area contributed by atoms with Gasteiger partial charge in [-0.05, 0) is 37.0 Å². The van der Waals surface area contributed by atoms with Crippen LogP contribution in [0, 0.1) is 0 Å². The maximum atomic E-state index is 12.8. The number of carbonyl (C=O) groups is 1. The van der Waals surface area contributed by atoms with Crippen LogP contribution in [0.4, 0.5) is 18.9 Å². The normalized spacial score (nSPS) is 15.1. The van der Waals surface area contributed by atoms with Crippen molar-refractivity contribution in [2.75, 3.05) is 17.3 Å². The Kier molecular flexibility index (Phi) is 4.58. The number of fused-ring (bicyclic) bond motifs is 1. The van der Waals surface area contributed by atoms with Gasteiger partial charge in [-0.3, -0.25) is 4.79 Å². The average Bonchev–Trinajstić information content (AvgIpc) is 2.42.